The summed E-state index contributed by atoms with van der Waals surface area (Å²) in [6.07, 6.45) is 4.99. The molecular weight excluding hydrogens is 228 g/mol. The number of hydrogen-bond donors (Lipinski definition) is 1. The van der Waals surface area contributed by atoms with Crippen molar-refractivity contribution in [2.45, 2.75) is 52.1 Å². The normalized spacial score (nSPS) is 22.0. The van der Waals surface area contributed by atoms with Crippen LogP contribution in [0.3, 0.4) is 0 Å². The lowest BCUT2D eigenvalue weighted by Crippen LogP contribution is -2.31. The number of hydrogen-bond acceptors (Lipinski definition) is 5. The van der Waals surface area contributed by atoms with Gasteiger partial charge in [-0.3, -0.25) is 0 Å². The molecule has 1 aliphatic heterocycles. The Morgan fingerprint density at radius 1 is 1.39 bits per heavy atom. The Kier molecular flexibility index (Phi) is 5.13. The Morgan fingerprint density at radius 2 is 2.28 bits per heavy atom. The Hall–Kier alpha value is -0.940. The van der Waals surface area contributed by atoms with Gasteiger partial charge in [-0.15, -0.1) is 0 Å². The van der Waals surface area contributed by atoms with Gasteiger partial charge in [0, 0.05) is 6.04 Å². The van der Waals surface area contributed by atoms with Crippen LogP contribution in [0.25, 0.3) is 0 Å². The lowest BCUT2D eigenvalue weighted by molar-refractivity contribution is 0.281. The van der Waals surface area contributed by atoms with Crippen molar-refractivity contribution in [2.75, 3.05) is 19.6 Å². The molecule has 1 saturated heterocycles. The first-order chi connectivity index (χ1) is 8.78. The number of likely N-dealkylation sites (tertiary alicyclic amines) is 1. The summed E-state index contributed by atoms with van der Waals surface area (Å²) in [6.45, 7) is 8.47. The van der Waals surface area contributed by atoms with Gasteiger partial charge in [0.1, 0.15) is 0 Å². The molecule has 102 valence electrons. The molecule has 0 saturated carbocycles. The predicted molar refractivity (Wildman–Crippen MR) is 70.2 cm³/mol. The van der Waals surface area contributed by atoms with Crippen LogP contribution in [-0.4, -0.2) is 40.7 Å². The number of nitrogens with zero attached hydrogens (tertiary/aromatic N) is 3. The third kappa shape index (κ3) is 4.07. The molecule has 1 aliphatic rings. The maximum absolute atomic E-state index is 5.11. The van der Waals surface area contributed by atoms with Crippen LogP contribution in [-0.2, 0) is 6.54 Å². The van der Waals surface area contributed by atoms with Crippen molar-refractivity contribution in [3.05, 3.63) is 11.7 Å². The van der Waals surface area contributed by atoms with E-state index >= 15 is 0 Å². The molecule has 2 rings (SSSR count). The van der Waals surface area contributed by atoms with Crippen molar-refractivity contribution in [3.8, 4) is 0 Å². The van der Waals surface area contributed by atoms with Crippen LogP contribution in [0.1, 0.15) is 44.3 Å². The van der Waals surface area contributed by atoms with Crippen molar-refractivity contribution in [2.24, 2.45) is 0 Å². The van der Waals surface area contributed by atoms with E-state index in [0.717, 1.165) is 0 Å². The molecule has 0 aliphatic carbocycles. The Morgan fingerprint density at radius 3 is 3.00 bits per heavy atom. The molecule has 1 aromatic rings. The summed E-state index contributed by atoms with van der Waals surface area (Å²) < 4.78 is 5.11. The molecule has 1 unspecified atom stereocenters. The second-order valence-corrected chi connectivity index (χ2v) is 5.09. The van der Waals surface area contributed by atoms with E-state index in [1.54, 1.807) is 0 Å². The van der Waals surface area contributed by atoms with Crippen LogP contribution in [0.2, 0.25) is 0 Å². The van der Waals surface area contributed by atoms with E-state index in [-0.39, 0.29) is 0 Å². The zero-order valence-electron chi connectivity index (χ0n) is 11.5. The quantitative estimate of drug-likeness (QED) is 0.865. The fourth-order valence-corrected chi connectivity index (χ4v) is 2.54. The third-order valence-corrected chi connectivity index (χ3v) is 3.47. The molecule has 1 aromatic heterocycles. The lowest BCUT2D eigenvalue weighted by Gasteiger charge is -2.19. The van der Waals surface area contributed by atoms with Gasteiger partial charge in [-0.25, -0.2) is 0 Å². The summed E-state index contributed by atoms with van der Waals surface area (Å²) in [6, 6.07) is 0.582. The van der Waals surface area contributed by atoms with E-state index < -0.39 is 0 Å². The topological polar surface area (TPSA) is 54.2 Å². The van der Waals surface area contributed by atoms with Gasteiger partial charge in [0.05, 0.1) is 6.54 Å². The first-order valence-electron chi connectivity index (χ1n) is 7.03. The molecule has 0 spiro atoms. The van der Waals surface area contributed by atoms with Crippen LogP contribution in [0.4, 0.5) is 0 Å². The van der Waals surface area contributed by atoms with Crippen molar-refractivity contribution in [1.29, 1.82) is 0 Å². The summed E-state index contributed by atoms with van der Waals surface area (Å²) >= 11 is 0. The number of rotatable bonds is 5. The highest BCUT2D eigenvalue weighted by Crippen LogP contribution is 2.12. The van der Waals surface area contributed by atoms with Crippen molar-refractivity contribution in [1.82, 2.24) is 20.4 Å². The zero-order chi connectivity index (χ0) is 12.8. The summed E-state index contributed by atoms with van der Waals surface area (Å²) in [7, 11) is 0. The number of aryl methyl sites for hydroxylation is 1. The first-order valence-corrected chi connectivity index (χ1v) is 7.03. The van der Waals surface area contributed by atoms with E-state index in [2.05, 4.69) is 27.3 Å². The van der Waals surface area contributed by atoms with E-state index in [4.69, 9.17) is 4.52 Å². The highest BCUT2D eigenvalue weighted by atomic mass is 16.5. The molecular formula is C13H24N4O. The molecule has 0 bridgehead atoms. The minimum absolute atomic E-state index is 0.582. The molecule has 1 atom stereocenters. The van der Waals surface area contributed by atoms with Crippen LogP contribution >= 0.6 is 0 Å². The van der Waals surface area contributed by atoms with Gasteiger partial charge in [0.15, 0.2) is 5.82 Å². The summed E-state index contributed by atoms with van der Waals surface area (Å²) in [5, 5.41) is 7.33. The predicted octanol–water partition coefficient (Wildman–Crippen LogP) is 1.73. The van der Waals surface area contributed by atoms with E-state index in [0.29, 0.717) is 24.3 Å². The second-order valence-electron chi connectivity index (χ2n) is 5.09. The van der Waals surface area contributed by atoms with Crippen LogP contribution in [0.15, 0.2) is 4.52 Å². The van der Waals surface area contributed by atoms with Crippen LogP contribution in [0.5, 0.6) is 0 Å². The fourth-order valence-electron chi connectivity index (χ4n) is 2.54. The monoisotopic (exact) mass is 252 g/mol. The number of aromatic nitrogens is 2. The van der Waals surface area contributed by atoms with Crippen molar-refractivity contribution in [3.63, 3.8) is 0 Å². The minimum Gasteiger partial charge on any atom is -0.338 e. The maximum atomic E-state index is 5.11. The zero-order valence-corrected chi connectivity index (χ0v) is 11.5. The molecule has 1 N–H and O–H groups in total. The summed E-state index contributed by atoms with van der Waals surface area (Å²) in [4.78, 5) is 6.78. The molecule has 0 aromatic carbocycles. The van der Waals surface area contributed by atoms with Crippen molar-refractivity contribution < 1.29 is 4.52 Å². The summed E-state index contributed by atoms with van der Waals surface area (Å²) in [5.41, 5.74) is 0. The Balaban J connectivity index is 1.73. The molecule has 1 fully saturated rings. The van der Waals surface area contributed by atoms with Gasteiger partial charge in [-0.05, 0) is 52.2 Å². The maximum Gasteiger partial charge on any atom is 0.240 e. The lowest BCUT2D eigenvalue weighted by atomic mass is 10.1. The van der Waals surface area contributed by atoms with Gasteiger partial charge in [-0.1, -0.05) is 12.1 Å². The van der Waals surface area contributed by atoms with Gasteiger partial charge < -0.3 is 14.7 Å². The first kappa shape index (κ1) is 13.5. The molecule has 18 heavy (non-hydrogen) atoms. The molecule has 0 amide bonds. The van der Waals surface area contributed by atoms with E-state index in [1.807, 2.05) is 6.92 Å². The molecule has 5 nitrogen and oxygen atoms in total. The van der Waals surface area contributed by atoms with E-state index in [1.165, 1.54) is 45.3 Å². The molecule has 5 heteroatoms. The van der Waals surface area contributed by atoms with Crippen LogP contribution in [0, 0.1) is 6.92 Å². The SMILES string of the molecule is CCCN1CCCC(NCc2nc(C)no2)CC1. The van der Waals surface area contributed by atoms with Gasteiger partial charge >= 0.3 is 0 Å². The largest absolute Gasteiger partial charge is 0.338 e. The fraction of sp³-hybridized carbons (Fsp3) is 0.846. The average molecular weight is 252 g/mol. The van der Waals surface area contributed by atoms with Crippen molar-refractivity contribution >= 4 is 0 Å². The van der Waals surface area contributed by atoms with Gasteiger partial charge in [0.25, 0.3) is 0 Å². The van der Waals surface area contributed by atoms with Gasteiger partial charge in [-0.2, -0.15) is 4.98 Å². The summed E-state index contributed by atoms with van der Waals surface area (Å²) in [5.74, 6) is 1.41. The minimum atomic E-state index is 0.582. The Bertz CT molecular complexity index is 353. The number of nitrogens with one attached hydrogen (secondary N) is 1. The highest BCUT2D eigenvalue weighted by molar-refractivity contribution is 4.84. The third-order valence-electron chi connectivity index (χ3n) is 3.47. The van der Waals surface area contributed by atoms with Crippen LogP contribution < -0.4 is 5.32 Å². The van der Waals surface area contributed by atoms with Gasteiger partial charge in [0.2, 0.25) is 5.89 Å². The second kappa shape index (κ2) is 6.85. The average Bonchev–Trinajstić information content (AvgIpc) is 2.64. The molecule has 0 radical (unpaired) electrons. The standard InChI is InChI=1S/C13H24N4O/c1-3-7-17-8-4-5-12(6-9-17)14-10-13-15-11(2)16-18-13/h12,14H,3-10H2,1-2H3. The highest BCUT2D eigenvalue weighted by Gasteiger charge is 2.16. The van der Waals surface area contributed by atoms with E-state index in [9.17, 15) is 0 Å². The molecule has 2 heterocycles. The Labute approximate surface area is 109 Å². The smallest absolute Gasteiger partial charge is 0.240 e.